The van der Waals surface area contributed by atoms with Crippen LogP contribution in [0.3, 0.4) is 0 Å². The summed E-state index contributed by atoms with van der Waals surface area (Å²) >= 11 is 3.24. The number of hydrogen-bond donors (Lipinski definition) is 1. The predicted octanol–water partition coefficient (Wildman–Crippen LogP) is 4.04. The molecule has 0 saturated heterocycles. The number of unbranched alkanes of at least 4 members (excludes halogenated alkanes) is 2. The van der Waals surface area contributed by atoms with E-state index in [1.54, 1.807) is 6.07 Å². The van der Waals surface area contributed by atoms with E-state index in [0.29, 0.717) is 12.0 Å². The fraction of sp³-hybridized carbons (Fsp3) is 0.538. The van der Waals surface area contributed by atoms with Crippen molar-refractivity contribution in [3.8, 4) is 0 Å². The third-order valence-corrected chi connectivity index (χ3v) is 3.17. The molecule has 1 aromatic rings. The summed E-state index contributed by atoms with van der Waals surface area (Å²) in [5, 5.41) is 0. The summed E-state index contributed by atoms with van der Waals surface area (Å²) in [6.07, 6.45) is 5.14. The lowest BCUT2D eigenvalue weighted by Gasteiger charge is -2.12. The topological polar surface area (TPSA) is 26.0 Å². The van der Waals surface area contributed by atoms with E-state index in [-0.39, 0.29) is 11.9 Å². The van der Waals surface area contributed by atoms with Gasteiger partial charge in [0.25, 0.3) is 0 Å². The lowest BCUT2D eigenvalue weighted by molar-refractivity contribution is 0.537. The molecule has 16 heavy (non-hydrogen) atoms. The number of benzene rings is 1. The zero-order valence-electron chi connectivity index (χ0n) is 9.68. The molecule has 0 spiro atoms. The van der Waals surface area contributed by atoms with Crippen LogP contribution in [0.15, 0.2) is 22.7 Å². The van der Waals surface area contributed by atoms with Crippen molar-refractivity contribution < 1.29 is 4.39 Å². The Balaban J connectivity index is 2.46. The zero-order valence-corrected chi connectivity index (χ0v) is 11.3. The minimum absolute atomic E-state index is 0.0715. The molecule has 0 aliphatic heterocycles. The van der Waals surface area contributed by atoms with E-state index in [9.17, 15) is 4.39 Å². The first-order chi connectivity index (χ1) is 7.63. The van der Waals surface area contributed by atoms with Crippen LogP contribution in [0, 0.1) is 5.82 Å². The molecule has 0 aliphatic carbocycles. The fourth-order valence-electron chi connectivity index (χ4n) is 1.73. The standard InChI is InChI=1S/C13H19BrFN/c1-2-3-4-5-12(16)8-10-6-7-11(14)9-13(10)15/h6-7,9,12H,2-5,8,16H2,1H3. The van der Waals surface area contributed by atoms with Crippen LogP contribution in [-0.4, -0.2) is 6.04 Å². The van der Waals surface area contributed by atoms with Gasteiger partial charge in [0.1, 0.15) is 5.82 Å². The van der Waals surface area contributed by atoms with E-state index in [0.717, 1.165) is 17.3 Å². The van der Waals surface area contributed by atoms with Gasteiger partial charge in [-0.3, -0.25) is 0 Å². The highest BCUT2D eigenvalue weighted by atomic mass is 79.9. The Labute approximate surface area is 105 Å². The van der Waals surface area contributed by atoms with Gasteiger partial charge in [0.2, 0.25) is 0 Å². The maximum absolute atomic E-state index is 13.5. The van der Waals surface area contributed by atoms with E-state index >= 15 is 0 Å². The quantitative estimate of drug-likeness (QED) is 0.785. The number of halogens is 2. The first-order valence-corrected chi connectivity index (χ1v) is 6.62. The summed E-state index contributed by atoms with van der Waals surface area (Å²) in [7, 11) is 0. The molecule has 1 rings (SSSR count). The van der Waals surface area contributed by atoms with Gasteiger partial charge in [0.15, 0.2) is 0 Å². The van der Waals surface area contributed by atoms with Gasteiger partial charge < -0.3 is 5.73 Å². The zero-order chi connectivity index (χ0) is 12.0. The van der Waals surface area contributed by atoms with E-state index in [1.807, 2.05) is 6.07 Å². The van der Waals surface area contributed by atoms with Gasteiger partial charge in [-0.25, -0.2) is 4.39 Å². The molecule has 0 saturated carbocycles. The summed E-state index contributed by atoms with van der Waals surface area (Å²) in [4.78, 5) is 0. The molecular formula is C13H19BrFN. The second kappa shape index (κ2) is 7.02. The molecule has 90 valence electrons. The number of nitrogens with two attached hydrogens (primary N) is 1. The van der Waals surface area contributed by atoms with Gasteiger partial charge in [0, 0.05) is 10.5 Å². The van der Waals surface area contributed by atoms with Crippen molar-refractivity contribution in [2.45, 2.75) is 45.1 Å². The number of hydrogen-bond acceptors (Lipinski definition) is 1. The second-order valence-corrected chi connectivity index (χ2v) is 5.11. The molecule has 0 amide bonds. The van der Waals surface area contributed by atoms with E-state index in [1.165, 1.54) is 18.9 Å². The van der Waals surface area contributed by atoms with Crippen LogP contribution in [-0.2, 0) is 6.42 Å². The van der Waals surface area contributed by atoms with Crippen LogP contribution in [0.25, 0.3) is 0 Å². The van der Waals surface area contributed by atoms with Gasteiger partial charge in [-0.2, -0.15) is 0 Å². The summed E-state index contributed by atoms with van der Waals surface area (Å²) in [6, 6.07) is 5.23. The minimum Gasteiger partial charge on any atom is -0.327 e. The molecular weight excluding hydrogens is 269 g/mol. The van der Waals surface area contributed by atoms with Crippen molar-refractivity contribution in [2.75, 3.05) is 0 Å². The highest BCUT2D eigenvalue weighted by molar-refractivity contribution is 9.10. The van der Waals surface area contributed by atoms with E-state index in [4.69, 9.17) is 5.73 Å². The van der Waals surface area contributed by atoms with Gasteiger partial charge >= 0.3 is 0 Å². The minimum atomic E-state index is -0.166. The number of rotatable bonds is 6. The van der Waals surface area contributed by atoms with Crippen molar-refractivity contribution >= 4 is 15.9 Å². The van der Waals surface area contributed by atoms with E-state index in [2.05, 4.69) is 22.9 Å². The van der Waals surface area contributed by atoms with Crippen LogP contribution in [0.5, 0.6) is 0 Å². The first kappa shape index (κ1) is 13.7. The third-order valence-electron chi connectivity index (χ3n) is 2.68. The molecule has 3 heteroatoms. The summed E-state index contributed by atoms with van der Waals surface area (Å²) in [5.74, 6) is -0.166. The molecule has 1 aromatic carbocycles. The van der Waals surface area contributed by atoms with Crippen LogP contribution < -0.4 is 5.73 Å². The Hall–Kier alpha value is -0.410. The van der Waals surface area contributed by atoms with Crippen LogP contribution in [0.2, 0.25) is 0 Å². The lowest BCUT2D eigenvalue weighted by Crippen LogP contribution is -2.23. The fourth-order valence-corrected chi connectivity index (χ4v) is 2.06. The lowest BCUT2D eigenvalue weighted by atomic mass is 10.0. The van der Waals surface area contributed by atoms with Gasteiger partial charge in [-0.15, -0.1) is 0 Å². The van der Waals surface area contributed by atoms with Crippen molar-refractivity contribution in [1.82, 2.24) is 0 Å². The SMILES string of the molecule is CCCCCC(N)Cc1ccc(Br)cc1F. The third kappa shape index (κ3) is 4.62. The van der Waals surface area contributed by atoms with Crippen molar-refractivity contribution in [2.24, 2.45) is 5.73 Å². The molecule has 1 unspecified atom stereocenters. The molecule has 0 bridgehead atoms. The Bertz CT molecular complexity index is 328. The largest absolute Gasteiger partial charge is 0.327 e. The molecule has 1 atom stereocenters. The molecule has 0 aliphatic rings. The molecule has 0 aromatic heterocycles. The van der Waals surface area contributed by atoms with Gasteiger partial charge in [0.05, 0.1) is 0 Å². The summed E-state index contributed by atoms with van der Waals surface area (Å²) in [6.45, 7) is 2.17. The van der Waals surface area contributed by atoms with Crippen LogP contribution in [0.4, 0.5) is 4.39 Å². The summed E-state index contributed by atoms with van der Waals surface area (Å²) < 4.78 is 14.3. The van der Waals surface area contributed by atoms with Crippen LogP contribution in [0.1, 0.15) is 38.2 Å². The predicted molar refractivity (Wildman–Crippen MR) is 69.9 cm³/mol. The molecule has 0 heterocycles. The smallest absolute Gasteiger partial charge is 0.127 e. The van der Waals surface area contributed by atoms with Gasteiger partial charge in [-0.1, -0.05) is 48.2 Å². The van der Waals surface area contributed by atoms with Crippen molar-refractivity contribution in [3.05, 3.63) is 34.1 Å². The summed E-state index contributed by atoms with van der Waals surface area (Å²) in [5.41, 5.74) is 6.69. The van der Waals surface area contributed by atoms with Gasteiger partial charge in [-0.05, 0) is 30.5 Å². The van der Waals surface area contributed by atoms with Crippen molar-refractivity contribution in [1.29, 1.82) is 0 Å². The first-order valence-electron chi connectivity index (χ1n) is 5.83. The average Bonchev–Trinajstić information content (AvgIpc) is 2.23. The Morgan fingerprint density at radius 1 is 1.38 bits per heavy atom. The van der Waals surface area contributed by atoms with Crippen LogP contribution >= 0.6 is 15.9 Å². The molecule has 2 N–H and O–H groups in total. The Morgan fingerprint density at radius 3 is 2.75 bits per heavy atom. The van der Waals surface area contributed by atoms with Crippen molar-refractivity contribution in [3.63, 3.8) is 0 Å². The Morgan fingerprint density at radius 2 is 2.12 bits per heavy atom. The Kier molecular flexibility index (Phi) is 5.99. The maximum atomic E-state index is 13.5. The van der Waals surface area contributed by atoms with E-state index < -0.39 is 0 Å². The normalized spacial score (nSPS) is 12.8. The second-order valence-electron chi connectivity index (χ2n) is 4.20. The maximum Gasteiger partial charge on any atom is 0.127 e. The highest BCUT2D eigenvalue weighted by Gasteiger charge is 2.08. The highest BCUT2D eigenvalue weighted by Crippen LogP contribution is 2.17. The average molecular weight is 288 g/mol. The molecule has 1 nitrogen and oxygen atoms in total. The monoisotopic (exact) mass is 287 g/mol. The molecule has 0 fully saturated rings. The molecule has 0 radical (unpaired) electrons.